The van der Waals surface area contributed by atoms with E-state index < -0.39 is 8.07 Å². The van der Waals surface area contributed by atoms with Crippen LogP contribution in [0.3, 0.4) is 0 Å². The molecule has 10 aromatic carbocycles. The molecule has 0 aliphatic rings. The molecule has 4 heterocycles. The SMILES string of the molecule is c1ccc([Si](c2ccccc2)(c2ccccc2)c2ccc(-n3c4ccccc4c4ccccc43)c(-c3nc(-n4c5ccccc5c5ccccc54)nc(-n4c5ccccc5c5ccccc54)n3)c2)cc1. The Morgan fingerprint density at radius 2 is 0.557 bits per heavy atom. The summed E-state index contributed by atoms with van der Waals surface area (Å²) >= 11 is 0. The van der Waals surface area contributed by atoms with Crippen LogP contribution < -0.4 is 20.7 Å². The van der Waals surface area contributed by atoms with Gasteiger partial charge in [-0.1, -0.05) is 206 Å². The monoisotopic (exact) mass is 910 g/mol. The number of para-hydroxylation sites is 6. The van der Waals surface area contributed by atoms with Gasteiger partial charge in [-0.15, -0.1) is 0 Å². The fraction of sp³-hybridized carbons (Fsp3) is 0. The van der Waals surface area contributed by atoms with Gasteiger partial charge in [0.15, 0.2) is 13.9 Å². The quantitative estimate of drug-likeness (QED) is 0.113. The van der Waals surface area contributed by atoms with Crippen LogP contribution in [0.5, 0.6) is 0 Å². The maximum atomic E-state index is 5.72. The lowest BCUT2D eigenvalue weighted by Crippen LogP contribution is -2.74. The van der Waals surface area contributed by atoms with Gasteiger partial charge in [0.2, 0.25) is 11.9 Å². The summed E-state index contributed by atoms with van der Waals surface area (Å²) in [6, 6.07) is 92.1. The third-order valence-electron chi connectivity index (χ3n) is 14.3. The Morgan fingerprint density at radius 3 is 0.900 bits per heavy atom. The highest BCUT2D eigenvalue weighted by Gasteiger charge is 2.42. The largest absolute Gasteiger partial charge is 0.309 e. The van der Waals surface area contributed by atoms with Gasteiger partial charge in [0.1, 0.15) is 0 Å². The van der Waals surface area contributed by atoms with Crippen LogP contribution in [-0.2, 0) is 0 Å². The minimum Gasteiger partial charge on any atom is -0.309 e. The van der Waals surface area contributed by atoms with E-state index in [-0.39, 0.29) is 0 Å². The summed E-state index contributed by atoms with van der Waals surface area (Å²) in [5.41, 5.74) is 8.18. The number of rotatable bonds is 8. The topological polar surface area (TPSA) is 53.5 Å². The van der Waals surface area contributed by atoms with Crippen molar-refractivity contribution < 1.29 is 0 Å². The molecule has 0 saturated heterocycles. The highest BCUT2D eigenvalue weighted by molar-refractivity contribution is 7.20. The van der Waals surface area contributed by atoms with Crippen molar-refractivity contribution in [3.05, 3.63) is 255 Å². The van der Waals surface area contributed by atoms with Crippen molar-refractivity contribution in [3.8, 4) is 29.0 Å². The van der Waals surface area contributed by atoms with Gasteiger partial charge in [0.05, 0.1) is 38.8 Å². The molecule has 0 fully saturated rings. The van der Waals surface area contributed by atoms with Crippen molar-refractivity contribution in [2.75, 3.05) is 0 Å². The lowest BCUT2D eigenvalue weighted by Gasteiger charge is -2.35. The van der Waals surface area contributed by atoms with Crippen LogP contribution in [0.4, 0.5) is 0 Å². The number of aromatic nitrogens is 6. The molecule has 70 heavy (non-hydrogen) atoms. The van der Waals surface area contributed by atoms with Crippen LogP contribution >= 0.6 is 0 Å². The van der Waals surface area contributed by atoms with Crippen molar-refractivity contribution in [1.29, 1.82) is 0 Å². The average molecular weight is 911 g/mol. The molecule has 6 nitrogen and oxygen atoms in total. The standard InChI is InChI=1S/C63H42N6Si/c1-4-22-43(23-5-1)70(44-24-6-2-7-25-44,45-26-8-3-9-27-45)46-40-41-60(67-54-34-16-10-28-47(54)48-29-11-17-35-55(48)67)53(42-46)61-64-62(68-56-36-18-12-30-49(56)50-31-13-19-37-57(50)68)66-63(65-61)69-58-38-20-14-32-51(58)52-33-15-21-39-59(52)69/h1-42H. The third-order valence-corrected chi connectivity index (χ3v) is 19.1. The van der Waals surface area contributed by atoms with E-state index in [2.05, 4.69) is 268 Å². The highest BCUT2D eigenvalue weighted by Crippen LogP contribution is 2.38. The van der Waals surface area contributed by atoms with Gasteiger partial charge >= 0.3 is 0 Å². The summed E-state index contributed by atoms with van der Waals surface area (Å²) in [4.78, 5) is 17.0. The Morgan fingerprint density at radius 1 is 0.257 bits per heavy atom. The van der Waals surface area contributed by atoms with E-state index in [1.54, 1.807) is 0 Å². The molecule has 14 rings (SSSR count). The van der Waals surface area contributed by atoms with Gasteiger partial charge in [0.25, 0.3) is 0 Å². The van der Waals surface area contributed by atoms with E-state index in [0.29, 0.717) is 17.7 Å². The van der Waals surface area contributed by atoms with E-state index in [0.717, 1.165) is 65.9 Å². The van der Waals surface area contributed by atoms with Crippen LogP contribution in [0.15, 0.2) is 255 Å². The number of benzene rings is 10. The van der Waals surface area contributed by atoms with Crippen LogP contribution in [-0.4, -0.2) is 36.7 Å². The summed E-state index contributed by atoms with van der Waals surface area (Å²) in [6.45, 7) is 0. The second-order valence-corrected chi connectivity index (χ2v) is 21.8. The van der Waals surface area contributed by atoms with Crippen molar-refractivity contribution in [1.82, 2.24) is 28.7 Å². The van der Waals surface area contributed by atoms with E-state index in [1.807, 2.05) is 0 Å². The molecule has 0 atom stereocenters. The molecule has 7 heteroatoms. The molecule has 0 aliphatic heterocycles. The maximum absolute atomic E-state index is 5.72. The smallest absolute Gasteiger partial charge is 0.240 e. The lowest BCUT2D eigenvalue weighted by molar-refractivity contribution is 0.892. The molecular weight excluding hydrogens is 869 g/mol. The molecule has 0 amide bonds. The maximum Gasteiger partial charge on any atom is 0.240 e. The molecule has 0 saturated carbocycles. The van der Waals surface area contributed by atoms with Crippen LogP contribution in [0.1, 0.15) is 0 Å². The summed E-state index contributed by atoms with van der Waals surface area (Å²) in [6.07, 6.45) is 0. The van der Waals surface area contributed by atoms with Gasteiger partial charge in [-0.05, 0) is 69.3 Å². The Balaban J connectivity index is 1.16. The van der Waals surface area contributed by atoms with Crippen molar-refractivity contribution >= 4 is 94.2 Å². The highest BCUT2D eigenvalue weighted by atomic mass is 28.3. The first-order valence-electron chi connectivity index (χ1n) is 23.8. The number of hydrogen-bond donors (Lipinski definition) is 0. The Labute approximate surface area is 404 Å². The zero-order valence-corrected chi connectivity index (χ0v) is 38.9. The first-order chi connectivity index (χ1) is 34.8. The van der Waals surface area contributed by atoms with Crippen LogP contribution in [0.25, 0.3) is 94.4 Å². The molecule has 4 aromatic heterocycles. The molecule has 0 unspecified atom stereocenters. The summed E-state index contributed by atoms with van der Waals surface area (Å²) in [5.74, 6) is 1.64. The number of nitrogens with zero attached hydrogens (tertiary/aromatic N) is 6. The summed E-state index contributed by atoms with van der Waals surface area (Å²) in [7, 11) is -3.05. The normalized spacial score (nSPS) is 12.0. The first-order valence-corrected chi connectivity index (χ1v) is 25.8. The zero-order chi connectivity index (χ0) is 46.2. The van der Waals surface area contributed by atoms with Crippen molar-refractivity contribution in [2.45, 2.75) is 0 Å². The zero-order valence-electron chi connectivity index (χ0n) is 37.9. The molecule has 0 radical (unpaired) electrons. The minimum absolute atomic E-state index is 0.538. The van der Waals surface area contributed by atoms with Crippen LogP contribution in [0, 0.1) is 0 Å². The van der Waals surface area contributed by atoms with Gasteiger partial charge in [-0.3, -0.25) is 9.13 Å². The predicted octanol–water partition coefficient (Wildman–Crippen LogP) is 12.2. The first kappa shape index (κ1) is 39.9. The fourth-order valence-electron chi connectivity index (χ4n) is 11.3. The number of hydrogen-bond acceptors (Lipinski definition) is 3. The van der Waals surface area contributed by atoms with Crippen LogP contribution in [0.2, 0.25) is 0 Å². The van der Waals surface area contributed by atoms with E-state index in [4.69, 9.17) is 15.0 Å². The van der Waals surface area contributed by atoms with E-state index >= 15 is 0 Å². The lowest BCUT2D eigenvalue weighted by atomic mass is 10.1. The van der Waals surface area contributed by atoms with E-state index in [9.17, 15) is 0 Å². The molecule has 0 spiro atoms. The average Bonchev–Trinajstić information content (AvgIpc) is 4.08. The summed E-state index contributed by atoms with van der Waals surface area (Å²) in [5, 5.41) is 12.0. The summed E-state index contributed by atoms with van der Waals surface area (Å²) < 4.78 is 6.84. The van der Waals surface area contributed by atoms with Gasteiger partial charge in [-0.25, -0.2) is 0 Å². The molecule has 328 valence electrons. The van der Waals surface area contributed by atoms with Crippen molar-refractivity contribution in [3.63, 3.8) is 0 Å². The molecule has 0 aliphatic carbocycles. The molecule has 0 N–H and O–H groups in total. The molecular formula is C63H42N6Si. The van der Waals surface area contributed by atoms with Gasteiger partial charge < -0.3 is 4.57 Å². The number of fused-ring (bicyclic) bond motifs is 9. The minimum atomic E-state index is -3.05. The molecule has 0 bridgehead atoms. The second-order valence-electron chi connectivity index (χ2n) is 17.9. The fourth-order valence-corrected chi connectivity index (χ4v) is 16.1. The Hall–Kier alpha value is -9.17. The van der Waals surface area contributed by atoms with Crippen molar-refractivity contribution in [2.24, 2.45) is 0 Å². The Kier molecular flexibility index (Phi) is 9.12. The van der Waals surface area contributed by atoms with Gasteiger partial charge in [0, 0.05) is 37.9 Å². The molecule has 14 aromatic rings. The Bertz CT molecular complexity index is 3920. The van der Waals surface area contributed by atoms with Gasteiger partial charge in [-0.2, -0.15) is 15.0 Å². The predicted molar refractivity (Wildman–Crippen MR) is 292 cm³/mol. The third kappa shape index (κ3) is 5.95. The second kappa shape index (κ2) is 16.0. The van der Waals surface area contributed by atoms with E-state index in [1.165, 1.54) is 31.5 Å².